The number of nitrogens with zero attached hydrogens (tertiary/aromatic N) is 2. The van der Waals surface area contributed by atoms with Crippen molar-refractivity contribution < 1.29 is 66.2 Å². The highest BCUT2D eigenvalue weighted by atomic mass is 31.2. The highest BCUT2D eigenvalue weighted by Crippen LogP contribution is 2.57. The van der Waals surface area contributed by atoms with E-state index in [0.717, 1.165) is 16.7 Å². The third-order valence-electron chi connectivity index (χ3n) is 14.4. The average Bonchev–Trinajstić information content (AvgIpc) is 1.45. The number of benzene rings is 6. The van der Waals surface area contributed by atoms with Crippen LogP contribution < -0.4 is 34.3 Å². The van der Waals surface area contributed by atoms with Crippen LogP contribution >= 0.6 is 8.53 Å². The summed E-state index contributed by atoms with van der Waals surface area (Å²) in [7, 11) is 1.46. The zero-order valence-corrected chi connectivity index (χ0v) is 51.6. The maximum Gasteiger partial charge on any atom is 0.340 e. The molecule has 2 unspecified atom stereocenters. The molecule has 2 N–H and O–H groups in total. The molecule has 6 aromatic rings. The van der Waals surface area contributed by atoms with Crippen molar-refractivity contribution in [3.63, 3.8) is 0 Å². The Morgan fingerprint density at radius 1 is 0.651 bits per heavy atom. The van der Waals surface area contributed by atoms with E-state index in [0.29, 0.717) is 28.2 Å². The lowest BCUT2D eigenvalue weighted by Crippen LogP contribution is -2.46. The van der Waals surface area contributed by atoms with E-state index < -0.39 is 66.3 Å². The highest BCUT2D eigenvalue weighted by Gasteiger charge is 2.54. The number of carbonyl (C=O) groups excluding carboxylic acids is 5. The fourth-order valence-corrected chi connectivity index (χ4v) is 11.7. The van der Waals surface area contributed by atoms with Gasteiger partial charge in [-0.1, -0.05) is 54.6 Å². The van der Waals surface area contributed by atoms with Gasteiger partial charge >= 0.3 is 17.9 Å². The van der Waals surface area contributed by atoms with Gasteiger partial charge in [-0.05, 0) is 153 Å². The molecule has 452 valence electrons. The Morgan fingerprint density at radius 2 is 1.17 bits per heavy atom. The molecular formula is C67H75N4O14P. The number of methoxy groups -OCH3 is 2. The number of fused-ring (bicyclic) bond motifs is 6. The van der Waals surface area contributed by atoms with Gasteiger partial charge in [-0.25, -0.2) is 9.46 Å². The molecule has 18 nitrogen and oxygen atoms in total. The molecule has 1 spiro atoms. The lowest BCUT2D eigenvalue weighted by atomic mass is 9.77. The van der Waals surface area contributed by atoms with Gasteiger partial charge in [0.05, 0.1) is 69.0 Å². The van der Waals surface area contributed by atoms with E-state index in [1.165, 1.54) is 24.3 Å². The summed E-state index contributed by atoms with van der Waals surface area (Å²) >= 11 is 0. The van der Waals surface area contributed by atoms with Crippen LogP contribution in [-0.2, 0) is 44.1 Å². The minimum absolute atomic E-state index is 0.00102. The molecule has 6 aromatic carbocycles. The number of hydrogen-bond donors (Lipinski definition) is 2. The first-order valence-electron chi connectivity index (χ1n) is 28.5. The van der Waals surface area contributed by atoms with Gasteiger partial charge < -0.3 is 52.8 Å². The molecule has 19 heteroatoms. The normalized spacial score (nSPS) is 14.0. The number of esters is 3. The van der Waals surface area contributed by atoms with Gasteiger partial charge in [0.25, 0.3) is 14.4 Å². The number of carbonyl (C=O) groups is 5. The van der Waals surface area contributed by atoms with E-state index >= 15 is 0 Å². The Labute approximate surface area is 504 Å². The third kappa shape index (κ3) is 14.1. The largest absolute Gasteiger partial charge is 0.497 e. The van der Waals surface area contributed by atoms with Crippen LogP contribution in [0.15, 0.2) is 133 Å². The van der Waals surface area contributed by atoms with Crippen LogP contribution in [0.5, 0.6) is 34.5 Å². The summed E-state index contributed by atoms with van der Waals surface area (Å²) in [6.07, 6.45) is -0.0175. The topological polar surface area (TPSA) is 220 Å². The predicted molar refractivity (Wildman–Crippen MR) is 323 cm³/mol. The second-order valence-electron chi connectivity index (χ2n) is 23.5. The first-order chi connectivity index (χ1) is 40.9. The summed E-state index contributed by atoms with van der Waals surface area (Å²) < 4.78 is 57.8. The smallest absolute Gasteiger partial charge is 0.340 e. The van der Waals surface area contributed by atoms with Crippen molar-refractivity contribution in [3.8, 4) is 40.6 Å². The van der Waals surface area contributed by atoms with E-state index in [1.807, 2.05) is 107 Å². The first-order valence-corrected chi connectivity index (χ1v) is 29.6. The molecule has 2 atom stereocenters. The van der Waals surface area contributed by atoms with Gasteiger partial charge in [0.1, 0.15) is 40.1 Å². The van der Waals surface area contributed by atoms with E-state index in [-0.39, 0.29) is 85.4 Å². The monoisotopic (exact) mass is 1190 g/mol. The lowest BCUT2D eigenvalue weighted by molar-refractivity contribution is -0.143. The fourth-order valence-electron chi connectivity index (χ4n) is 10.1. The zero-order valence-electron chi connectivity index (χ0n) is 50.7. The molecular weight excluding hydrogens is 1120 g/mol. The summed E-state index contributed by atoms with van der Waals surface area (Å²) in [5.74, 6) is -0.638. The fraction of sp³-hybridized carbons (Fsp3) is 0.373. The summed E-state index contributed by atoms with van der Waals surface area (Å²) in [4.78, 5) is 68.8. The van der Waals surface area contributed by atoms with E-state index in [1.54, 1.807) is 86.1 Å². The molecule has 0 radical (unpaired) electrons. The molecule has 0 saturated heterocycles. The molecule has 8 rings (SSSR count). The molecule has 2 aliphatic rings. The van der Waals surface area contributed by atoms with Crippen molar-refractivity contribution >= 4 is 38.2 Å². The Hall–Kier alpha value is -8.17. The van der Waals surface area contributed by atoms with Gasteiger partial charge in [0.2, 0.25) is 5.91 Å². The van der Waals surface area contributed by atoms with Gasteiger partial charge in [-0.3, -0.25) is 19.2 Å². The lowest BCUT2D eigenvalue weighted by Gasteiger charge is -2.38. The quantitative estimate of drug-likeness (QED) is 0.0189. The third-order valence-corrected chi connectivity index (χ3v) is 16.5. The van der Waals surface area contributed by atoms with Crippen LogP contribution in [-0.4, -0.2) is 93.1 Å². The summed E-state index contributed by atoms with van der Waals surface area (Å²) in [5.41, 5.74) is -0.847. The maximum absolute atomic E-state index is 14.3. The number of nitriles is 1. The Morgan fingerprint density at radius 3 is 1.67 bits per heavy atom. The summed E-state index contributed by atoms with van der Waals surface area (Å²) in [6.45, 7) is 18.4. The predicted octanol–water partition coefficient (Wildman–Crippen LogP) is 12.1. The van der Waals surface area contributed by atoms with Gasteiger partial charge in [-0.15, -0.1) is 0 Å². The second kappa shape index (κ2) is 27.0. The standard InChI is InChI=1S/C67H75N4O14P/c1-42(2)71(43(3)4)86(80-36-16-34-68)81-41-48(40-79-66(45-17-14-13-15-18-45,46-20-24-49(77-11)25-21-46)47-22-26-50(78-12)27-23-47)70-59(72)33-35-69-60(73)44-19-30-53-56(37-44)67(85-61(53)74)54-31-28-51(82-62(75)64(5,6)7)38-57(54)84-58-39-52(29-32-55(58)67)83-63(76)65(8,9)10/h13-15,17-32,37-39,42-43,48H,16,33,35-36,40-41H2,1-12H3,(H,69,73)(H,70,72). The van der Waals surface area contributed by atoms with Crippen LogP contribution in [0.4, 0.5) is 0 Å². The van der Waals surface area contributed by atoms with Crippen molar-refractivity contribution in [2.45, 2.75) is 111 Å². The van der Waals surface area contributed by atoms with Gasteiger partial charge in [0.15, 0.2) is 5.60 Å². The molecule has 86 heavy (non-hydrogen) atoms. The van der Waals surface area contributed by atoms with E-state index in [4.69, 9.17) is 42.2 Å². The molecule has 0 fully saturated rings. The Kier molecular flexibility index (Phi) is 20.1. The van der Waals surface area contributed by atoms with Crippen LogP contribution in [0.1, 0.15) is 136 Å². The van der Waals surface area contributed by atoms with E-state index in [2.05, 4.69) is 21.4 Å². The molecule has 0 aromatic heterocycles. The SMILES string of the molecule is COc1ccc(C(OCC(COP(OCCC#N)N(C(C)C)C(C)C)NC(=O)CCNC(=O)c2ccc3c(c2)C2(OC3=O)c3ccc(OC(=O)C(C)(C)C)cc3Oc3cc(OC(=O)C(C)(C)C)ccc32)(c2ccccc2)c2ccc(OC)cc2)cc1. The highest BCUT2D eigenvalue weighted by molar-refractivity contribution is 7.44. The van der Waals surface area contributed by atoms with Gasteiger partial charge in [-0.2, -0.15) is 5.26 Å². The maximum atomic E-state index is 14.3. The van der Waals surface area contributed by atoms with Gasteiger partial charge in [0, 0.05) is 59.4 Å². The minimum atomic E-state index is -1.74. The van der Waals surface area contributed by atoms with Crippen LogP contribution in [0.25, 0.3) is 0 Å². The van der Waals surface area contributed by atoms with Crippen molar-refractivity contribution in [1.29, 1.82) is 5.26 Å². The van der Waals surface area contributed by atoms with Crippen LogP contribution in [0.3, 0.4) is 0 Å². The molecule has 2 amide bonds. The van der Waals surface area contributed by atoms with Crippen molar-refractivity contribution in [3.05, 3.63) is 178 Å². The van der Waals surface area contributed by atoms with Crippen LogP contribution in [0, 0.1) is 22.2 Å². The second-order valence-corrected chi connectivity index (χ2v) is 24.9. The number of hydrogen-bond acceptors (Lipinski definition) is 16. The summed E-state index contributed by atoms with van der Waals surface area (Å²) in [5, 5.41) is 15.5. The summed E-state index contributed by atoms with van der Waals surface area (Å²) in [6, 6.07) is 40.3. The van der Waals surface area contributed by atoms with E-state index in [9.17, 15) is 29.2 Å². The van der Waals surface area contributed by atoms with Crippen molar-refractivity contribution in [2.24, 2.45) is 10.8 Å². The van der Waals surface area contributed by atoms with Crippen molar-refractivity contribution in [1.82, 2.24) is 15.3 Å². The minimum Gasteiger partial charge on any atom is -0.497 e. The molecule has 2 aliphatic heterocycles. The van der Waals surface area contributed by atoms with Crippen molar-refractivity contribution in [2.75, 3.05) is 40.6 Å². The number of ether oxygens (including phenoxy) is 7. The average molecular weight is 1190 g/mol. The Bertz CT molecular complexity index is 3330. The number of amides is 2. The van der Waals surface area contributed by atoms with Crippen LogP contribution in [0.2, 0.25) is 0 Å². The Balaban J connectivity index is 1.08. The molecule has 0 saturated carbocycles. The first kappa shape index (κ1) is 63.8. The molecule has 0 aliphatic carbocycles. The molecule has 0 bridgehead atoms. The zero-order chi connectivity index (χ0) is 62.1. The number of rotatable bonds is 24. The number of nitrogens with one attached hydrogen (secondary N) is 2. The molecule has 2 heterocycles.